The van der Waals surface area contributed by atoms with Crippen molar-refractivity contribution in [3.63, 3.8) is 0 Å². The first-order valence-corrected chi connectivity index (χ1v) is 16.7. The van der Waals surface area contributed by atoms with Gasteiger partial charge in [0.15, 0.2) is 0 Å². The van der Waals surface area contributed by atoms with Crippen LogP contribution in [0.1, 0.15) is 52.9 Å². The number of benzene rings is 1. The van der Waals surface area contributed by atoms with E-state index in [-0.39, 0.29) is 0 Å². The molecular formula is C22H36P2S. The molecule has 2 atom stereocenters. The summed E-state index contributed by atoms with van der Waals surface area (Å²) in [5.74, 6) is 0. The molecular weight excluding hydrogens is 358 g/mol. The van der Waals surface area contributed by atoms with Crippen LogP contribution >= 0.6 is 25.9 Å². The molecule has 2 aromatic rings. The van der Waals surface area contributed by atoms with Crippen LogP contribution in [-0.2, 0) is 0 Å². The molecule has 0 unspecified atom stereocenters. The Balaban J connectivity index is 2.00. The zero-order chi connectivity index (χ0) is 17.7. The van der Waals surface area contributed by atoms with E-state index in [1.165, 1.54) is 38.3 Å². The summed E-state index contributed by atoms with van der Waals surface area (Å²) in [6.45, 7) is 10.4. The van der Waals surface area contributed by atoms with Gasteiger partial charge in [0.1, 0.15) is 0 Å². The van der Waals surface area contributed by atoms with E-state index in [0.717, 1.165) is 11.3 Å². The molecule has 0 bridgehead atoms. The molecule has 1 aromatic heterocycles. The zero-order valence-electron chi connectivity index (χ0n) is 16.5. The minimum atomic E-state index is -1.36. The second-order valence-corrected chi connectivity index (χ2v) is 20.1. The second-order valence-electron chi connectivity index (χ2n) is 9.02. The number of hydrogen-bond acceptors (Lipinski definition) is 1. The summed E-state index contributed by atoms with van der Waals surface area (Å²) in [7, 11) is -2.68. The predicted octanol–water partition coefficient (Wildman–Crippen LogP) is 6.06. The molecule has 2 aliphatic rings. The summed E-state index contributed by atoms with van der Waals surface area (Å²) in [4.78, 5) is 0. The number of fused-ring (bicyclic) bond motifs is 1. The summed E-state index contributed by atoms with van der Waals surface area (Å²) in [6, 6.07) is 9.46. The van der Waals surface area contributed by atoms with Gasteiger partial charge in [-0.1, -0.05) is 0 Å². The van der Waals surface area contributed by atoms with E-state index in [2.05, 4.69) is 63.0 Å². The minimum absolute atomic E-state index is 0.989. The van der Waals surface area contributed by atoms with Crippen LogP contribution in [0.4, 0.5) is 0 Å². The fourth-order valence-corrected chi connectivity index (χ4v) is 22.2. The third kappa shape index (κ3) is 2.68. The molecule has 2 aliphatic heterocycles. The van der Waals surface area contributed by atoms with Crippen LogP contribution in [0.15, 0.2) is 24.3 Å². The maximum atomic E-state index is 2.77. The first kappa shape index (κ1) is 18.4. The topological polar surface area (TPSA) is 0 Å². The van der Waals surface area contributed by atoms with E-state index in [9.17, 15) is 0 Å². The van der Waals surface area contributed by atoms with Crippen molar-refractivity contribution in [2.45, 2.75) is 64.2 Å². The third-order valence-electron chi connectivity index (χ3n) is 8.10. The van der Waals surface area contributed by atoms with E-state index in [0.29, 0.717) is 0 Å². The van der Waals surface area contributed by atoms with Crippen molar-refractivity contribution in [3.8, 4) is 0 Å². The fourth-order valence-electron chi connectivity index (χ4n) is 6.45. The Kier molecular flexibility index (Phi) is 5.07. The Morgan fingerprint density at radius 1 is 1.08 bits per heavy atom. The number of hydrogen-bond donors (Lipinski definition) is 0. The molecule has 2 saturated heterocycles. The van der Waals surface area contributed by atoms with Gasteiger partial charge in [0.25, 0.3) is 0 Å². The SMILES string of the molecule is CC[C@@H]1CCC[PH]1(C)c1c([PH]2(CC)CCC[C@H]2C)sc2ccccc12. The summed E-state index contributed by atoms with van der Waals surface area (Å²) in [6.07, 6.45) is 11.9. The third-order valence-corrected chi connectivity index (χ3v) is 22.4. The Bertz CT molecular complexity index is 766. The van der Waals surface area contributed by atoms with Crippen molar-refractivity contribution in [1.82, 2.24) is 0 Å². The van der Waals surface area contributed by atoms with Gasteiger partial charge in [-0.2, -0.15) is 0 Å². The van der Waals surface area contributed by atoms with Crippen LogP contribution in [0.25, 0.3) is 10.1 Å². The van der Waals surface area contributed by atoms with Gasteiger partial charge in [0.05, 0.1) is 0 Å². The molecule has 1 aromatic carbocycles. The van der Waals surface area contributed by atoms with E-state index in [4.69, 9.17) is 0 Å². The number of rotatable bonds is 4. The summed E-state index contributed by atoms with van der Waals surface area (Å²) < 4.78 is 3.58. The van der Waals surface area contributed by atoms with Crippen LogP contribution < -0.4 is 9.92 Å². The monoisotopic (exact) mass is 394 g/mol. The molecule has 0 amide bonds. The molecule has 0 aliphatic carbocycles. The average Bonchev–Trinajstić information content (AvgIpc) is 3.29. The zero-order valence-corrected chi connectivity index (χ0v) is 19.3. The van der Waals surface area contributed by atoms with Gasteiger partial charge in [0, 0.05) is 0 Å². The van der Waals surface area contributed by atoms with E-state index >= 15 is 0 Å². The van der Waals surface area contributed by atoms with Gasteiger partial charge < -0.3 is 0 Å². The first-order chi connectivity index (χ1) is 12.1. The van der Waals surface area contributed by atoms with Crippen LogP contribution in [-0.4, -0.2) is 36.5 Å². The van der Waals surface area contributed by atoms with Gasteiger partial charge in [-0.25, -0.2) is 0 Å². The van der Waals surface area contributed by atoms with Gasteiger partial charge >= 0.3 is 159 Å². The van der Waals surface area contributed by atoms with Crippen molar-refractivity contribution in [2.75, 3.05) is 25.2 Å². The van der Waals surface area contributed by atoms with E-state index in [1.807, 2.05) is 9.92 Å². The quantitative estimate of drug-likeness (QED) is 0.553. The molecule has 0 spiro atoms. The molecule has 0 N–H and O–H groups in total. The van der Waals surface area contributed by atoms with Gasteiger partial charge in [-0.15, -0.1) is 0 Å². The van der Waals surface area contributed by atoms with Crippen LogP contribution in [0, 0.1) is 0 Å². The molecule has 2 fully saturated rings. The molecule has 25 heavy (non-hydrogen) atoms. The first-order valence-electron chi connectivity index (χ1n) is 10.6. The Hall–Kier alpha value is 0.0400. The summed E-state index contributed by atoms with van der Waals surface area (Å²) in [5.41, 5.74) is 2.01. The maximum absolute atomic E-state index is 2.77. The normalized spacial score (nSPS) is 30.6. The standard InChI is InChI=1S/C22H36P2S/c1-5-18-12-10-15-23(18,4)21-19-13-7-8-14-20(19)25-22(21)24(6-2)16-9-11-17(24)3/h7-8,13-14,17-18,23-24H,5-6,9-12,15-16H2,1-4H3/t17-,18-/m1/s1. The molecule has 140 valence electrons. The Labute approximate surface area is 159 Å². The van der Waals surface area contributed by atoms with Crippen molar-refractivity contribution in [2.24, 2.45) is 0 Å². The van der Waals surface area contributed by atoms with Gasteiger partial charge in [-0.3, -0.25) is 0 Å². The molecule has 3 heterocycles. The van der Waals surface area contributed by atoms with Crippen LogP contribution in [0.2, 0.25) is 0 Å². The summed E-state index contributed by atoms with van der Waals surface area (Å²) in [5, 5.41) is 3.65. The fraction of sp³-hybridized carbons (Fsp3) is 0.636. The van der Waals surface area contributed by atoms with Gasteiger partial charge in [0.2, 0.25) is 0 Å². The van der Waals surface area contributed by atoms with E-state index < -0.39 is 14.5 Å². The Morgan fingerprint density at radius 2 is 1.84 bits per heavy atom. The molecule has 3 heteroatoms. The van der Waals surface area contributed by atoms with E-state index in [1.54, 1.807) is 22.4 Å². The Morgan fingerprint density at radius 3 is 2.52 bits per heavy atom. The van der Waals surface area contributed by atoms with Crippen molar-refractivity contribution in [1.29, 1.82) is 0 Å². The van der Waals surface area contributed by atoms with Crippen molar-refractivity contribution >= 4 is 45.9 Å². The molecule has 0 nitrogen and oxygen atoms in total. The number of thiophene rings is 1. The molecule has 0 radical (unpaired) electrons. The van der Waals surface area contributed by atoms with Gasteiger partial charge in [-0.05, 0) is 0 Å². The van der Waals surface area contributed by atoms with Crippen molar-refractivity contribution in [3.05, 3.63) is 24.3 Å². The predicted molar refractivity (Wildman–Crippen MR) is 126 cm³/mol. The average molecular weight is 395 g/mol. The summed E-state index contributed by atoms with van der Waals surface area (Å²) >= 11 is 2.24. The molecule has 4 rings (SSSR count). The van der Waals surface area contributed by atoms with Crippen LogP contribution in [0.3, 0.4) is 0 Å². The van der Waals surface area contributed by atoms with Crippen LogP contribution in [0.5, 0.6) is 0 Å². The molecule has 0 saturated carbocycles. The second kappa shape index (κ2) is 6.89. The van der Waals surface area contributed by atoms with Crippen molar-refractivity contribution < 1.29 is 0 Å².